The van der Waals surface area contributed by atoms with E-state index in [9.17, 15) is 0 Å². The Morgan fingerprint density at radius 3 is 2.79 bits per heavy atom. The number of rotatable bonds is 2. The first kappa shape index (κ1) is 9.00. The van der Waals surface area contributed by atoms with Gasteiger partial charge in [0.05, 0.1) is 0 Å². The summed E-state index contributed by atoms with van der Waals surface area (Å²) in [6, 6.07) is 10.1. The van der Waals surface area contributed by atoms with Gasteiger partial charge in [0, 0.05) is 0 Å². The van der Waals surface area contributed by atoms with E-state index in [1.54, 1.807) is 0 Å². The molecule has 2 heteroatoms. The number of benzene rings is 1. The molecule has 0 spiro atoms. The van der Waals surface area contributed by atoms with Crippen LogP contribution in [0.3, 0.4) is 0 Å². The number of ether oxygens (including phenoxy) is 1. The Morgan fingerprint density at radius 1 is 1.43 bits per heavy atom. The van der Waals surface area contributed by atoms with Crippen LogP contribution in [0.5, 0.6) is 0 Å². The van der Waals surface area contributed by atoms with Crippen molar-refractivity contribution in [3.05, 3.63) is 48.6 Å². The third-order valence-electron chi connectivity index (χ3n) is 2.65. The summed E-state index contributed by atoms with van der Waals surface area (Å²) in [5.41, 5.74) is 0.741. The molecule has 2 rings (SSSR count). The molecule has 0 aromatic heterocycles. The van der Waals surface area contributed by atoms with Crippen LogP contribution < -0.4 is 0 Å². The van der Waals surface area contributed by atoms with Crippen molar-refractivity contribution in [2.45, 2.75) is 18.6 Å². The van der Waals surface area contributed by atoms with E-state index < -0.39 is 0 Å². The van der Waals surface area contributed by atoms with Crippen LogP contribution in [0, 0.1) is 0 Å². The Labute approximate surface area is 83.9 Å². The fourth-order valence-electron chi connectivity index (χ4n) is 1.71. The molecule has 2 atom stereocenters. The van der Waals surface area contributed by atoms with Gasteiger partial charge in [-0.2, -0.15) is 0 Å². The highest BCUT2D eigenvalue weighted by Crippen LogP contribution is 2.34. The molecule has 0 N–H and O–H groups in total. The highest BCUT2D eigenvalue weighted by molar-refractivity contribution is 5.53. The maximum absolute atomic E-state index is 5.57. The van der Waals surface area contributed by atoms with Gasteiger partial charge in [0.15, 0.2) is 12.0 Å². The molecule has 0 saturated heterocycles. The fourth-order valence-corrected chi connectivity index (χ4v) is 1.71. The lowest BCUT2D eigenvalue weighted by atomic mass is 9.89. The standard InChI is InChI=1S/C12H13NO/c1-3-11-12(2,14-9-13-11)10-7-5-4-6-8-10/h3-9,11H,1H2,2H3. The van der Waals surface area contributed by atoms with Crippen molar-refractivity contribution < 1.29 is 4.74 Å². The van der Waals surface area contributed by atoms with E-state index in [0.717, 1.165) is 5.56 Å². The summed E-state index contributed by atoms with van der Waals surface area (Å²) >= 11 is 0. The molecular weight excluding hydrogens is 174 g/mol. The van der Waals surface area contributed by atoms with Gasteiger partial charge in [-0.15, -0.1) is 6.58 Å². The van der Waals surface area contributed by atoms with Crippen LogP contribution in [0.1, 0.15) is 12.5 Å². The smallest absolute Gasteiger partial charge is 0.171 e. The minimum Gasteiger partial charge on any atom is -0.470 e. The SMILES string of the molecule is C=CC1N=COC1(C)c1ccccc1. The average Bonchev–Trinajstić information content (AvgIpc) is 2.62. The van der Waals surface area contributed by atoms with Gasteiger partial charge in [-0.25, -0.2) is 4.99 Å². The Kier molecular flexibility index (Phi) is 2.12. The lowest BCUT2D eigenvalue weighted by molar-refractivity contribution is 0.0944. The monoisotopic (exact) mass is 187 g/mol. The normalized spacial score (nSPS) is 29.9. The molecule has 2 nitrogen and oxygen atoms in total. The fraction of sp³-hybridized carbons (Fsp3) is 0.250. The van der Waals surface area contributed by atoms with E-state index in [-0.39, 0.29) is 11.6 Å². The summed E-state index contributed by atoms with van der Waals surface area (Å²) in [7, 11) is 0. The largest absolute Gasteiger partial charge is 0.470 e. The molecule has 1 aliphatic heterocycles. The predicted molar refractivity (Wildman–Crippen MR) is 57.4 cm³/mol. The van der Waals surface area contributed by atoms with Crippen LogP contribution in [-0.4, -0.2) is 12.4 Å². The maximum Gasteiger partial charge on any atom is 0.171 e. The summed E-state index contributed by atoms with van der Waals surface area (Å²) in [5, 5.41) is 0. The second-order valence-corrected chi connectivity index (χ2v) is 3.53. The van der Waals surface area contributed by atoms with Crippen molar-refractivity contribution in [2.24, 2.45) is 4.99 Å². The lowest BCUT2D eigenvalue weighted by Crippen LogP contribution is -2.32. The minimum atomic E-state index is -0.386. The van der Waals surface area contributed by atoms with Crippen LogP contribution in [0.25, 0.3) is 0 Å². The number of aliphatic imine (C=N–C) groups is 1. The molecule has 0 fully saturated rings. The topological polar surface area (TPSA) is 21.6 Å². The molecule has 1 aromatic rings. The van der Waals surface area contributed by atoms with Crippen molar-refractivity contribution in [3.8, 4) is 0 Å². The third-order valence-corrected chi connectivity index (χ3v) is 2.65. The summed E-state index contributed by atoms with van der Waals surface area (Å²) in [6.07, 6.45) is 3.33. The van der Waals surface area contributed by atoms with E-state index in [4.69, 9.17) is 4.74 Å². The van der Waals surface area contributed by atoms with Crippen molar-refractivity contribution in [1.29, 1.82) is 0 Å². The van der Waals surface area contributed by atoms with Crippen LogP contribution in [0.4, 0.5) is 0 Å². The van der Waals surface area contributed by atoms with Crippen molar-refractivity contribution in [3.63, 3.8) is 0 Å². The molecule has 1 aromatic carbocycles. The first-order valence-corrected chi connectivity index (χ1v) is 4.65. The first-order chi connectivity index (χ1) is 6.77. The molecule has 14 heavy (non-hydrogen) atoms. The Hall–Kier alpha value is -1.57. The van der Waals surface area contributed by atoms with Crippen LogP contribution >= 0.6 is 0 Å². The summed E-state index contributed by atoms with van der Waals surface area (Å²) in [5.74, 6) is 0. The molecule has 0 bridgehead atoms. The summed E-state index contributed by atoms with van der Waals surface area (Å²) in [6.45, 7) is 5.80. The predicted octanol–water partition coefficient (Wildman–Crippen LogP) is 2.51. The number of hydrogen-bond donors (Lipinski definition) is 0. The van der Waals surface area contributed by atoms with E-state index >= 15 is 0 Å². The molecule has 1 heterocycles. The maximum atomic E-state index is 5.57. The van der Waals surface area contributed by atoms with Crippen molar-refractivity contribution >= 4 is 6.40 Å². The Morgan fingerprint density at radius 2 is 2.14 bits per heavy atom. The van der Waals surface area contributed by atoms with Gasteiger partial charge in [0.1, 0.15) is 6.04 Å². The lowest BCUT2D eigenvalue weighted by Gasteiger charge is -2.27. The van der Waals surface area contributed by atoms with Gasteiger partial charge < -0.3 is 4.74 Å². The summed E-state index contributed by atoms with van der Waals surface area (Å²) < 4.78 is 5.57. The Bertz CT molecular complexity index is 358. The van der Waals surface area contributed by atoms with Crippen LogP contribution in [-0.2, 0) is 10.3 Å². The molecular formula is C12H13NO. The van der Waals surface area contributed by atoms with Crippen LogP contribution in [0.15, 0.2) is 48.0 Å². The molecule has 72 valence electrons. The van der Waals surface area contributed by atoms with E-state index in [0.29, 0.717) is 0 Å². The van der Waals surface area contributed by atoms with Gasteiger partial charge in [0.25, 0.3) is 0 Å². The van der Waals surface area contributed by atoms with E-state index in [1.807, 2.05) is 43.3 Å². The highest BCUT2D eigenvalue weighted by Gasteiger charge is 2.38. The third kappa shape index (κ3) is 1.23. The zero-order chi connectivity index (χ0) is 10.0. The van der Waals surface area contributed by atoms with Crippen molar-refractivity contribution in [1.82, 2.24) is 0 Å². The van der Waals surface area contributed by atoms with Gasteiger partial charge in [-0.3, -0.25) is 0 Å². The molecule has 0 amide bonds. The van der Waals surface area contributed by atoms with Gasteiger partial charge in [-0.1, -0.05) is 36.4 Å². The van der Waals surface area contributed by atoms with Gasteiger partial charge >= 0.3 is 0 Å². The molecule has 1 aliphatic rings. The quantitative estimate of drug-likeness (QED) is 0.652. The average molecular weight is 187 g/mol. The van der Waals surface area contributed by atoms with Gasteiger partial charge in [0.2, 0.25) is 0 Å². The molecule has 0 saturated carbocycles. The minimum absolute atomic E-state index is 0.00454. The van der Waals surface area contributed by atoms with E-state index in [2.05, 4.69) is 11.6 Å². The number of nitrogens with zero attached hydrogens (tertiary/aromatic N) is 1. The number of hydrogen-bond acceptors (Lipinski definition) is 2. The second-order valence-electron chi connectivity index (χ2n) is 3.53. The zero-order valence-electron chi connectivity index (χ0n) is 8.18. The Balaban J connectivity index is 2.38. The highest BCUT2D eigenvalue weighted by atomic mass is 16.5. The zero-order valence-corrected chi connectivity index (χ0v) is 8.18. The first-order valence-electron chi connectivity index (χ1n) is 4.65. The summed E-state index contributed by atoms with van der Waals surface area (Å²) in [4.78, 5) is 4.22. The van der Waals surface area contributed by atoms with Crippen LogP contribution in [0.2, 0.25) is 0 Å². The van der Waals surface area contributed by atoms with E-state index in [1.165, 1.54) is 6.40 Å². The second kappa shape index (κ2) is 3.29. The molecule has 0 aliphatic carbocycles. The van der Waals surface area contributed by atoms with Crippen molar-refractivity contribution in [2.75, 3.05) is 0 Å². The van der Waals surface area contributed by atoms with Gasteiger partial charge in [-0.05, 0) is 12.5 Å². The molecule has 0 radical (unpaired) electrons. The molecule has 2 unspecified atom stereocenters.